The number of amides is 1. The molecule has 3 atom stereocenters. The number of furan rings is 1. The maximum atomic E-state index is 13.1. The van der Waals surface area contributed by atoms with Crippen LogP contribution in [0.5, 0.6) is 0 Å². The Morgan fingerprint density at radius 2 is 1.94 bits per heavy atom. The Hall–Kier alpha value is -2.59. The van der Waals surface area contributed by atoms with Gasteiger partial charge in [0.05, 0.1) is 12.1 Å². The number of aliphatic carboxylic acids is 1. The number of fused-ring (bicyclic) bond motifs is 2. The third-order valence-corrected chi connectivity index (χ3v) is 5.83. The number of hydrogen-bond acceptors (Lipinski definition) is 5. The molecule has 1 aromatic heterocycles. The van der Waals surface area contributed by atoms with E-state index in [9.17, 15) is 18.0 Å². The zero-order valence-electron chi connectivity index (χ0n) is 17.3. The summed E-state index contributed by atoms with van der Waals surface area (Å²) in [5.74, 6) is -1.92. The molecule has 3 heterocycles. The molecule has 7 nitrogen and oxygen atoms in total. The van der Waals surface area contributed by atoms with E-state index in [4.69, 9.17) is 19.1 Å². The summed E-state index contributed by atoms with van der Waals surface area (Å²) in [5.41, 5.74) is 0.769. The van der Waals surface area contributed by atoms with Gasteiger partial charge in [0, 0.05) is 38.0 Å². The highest BCUT2D eigenvalue weighted by Crippen LogP contribution is 2.34. The summed E-state index contributed by atoms with van der Waals surface area (Å²) in [7, 11) is 1.78. The lowest BCUT2D eigenvalue weighted by Gasteiger charge is -2.40. The number of rotatable bonds is 3. The van der Waals surface area contributed by atoms with Gasteiger partial charge in [-0.05, 0) is 25.1 Å². The molecular weight excluding hydrogens is 417 g/mol. The molecule has 2 fully saturated rings. The maximum absolute atomic E-state index is 13.1. The van der Waals surface area contributed by atoms with Gasteiger partial charge in [0.15, 0.2) is 5.76 Å². The summed E-state index contributed by atoms with van der Waals surface area (Å²) in [6.45, 7) is 5.84. The van der Waals surface area contributed by atoms with Crippen molar-refractivity contribution in [2.75, 3.05) is 33.3 Å². The number of ether oxygens (including phenoxy) is 1. The van der Waals surface area contributed by atoms with E-state index < -0.39 is 12.1 Å². The summed E-state index contributed by atoms with van der Waals surface area (Å²) >= 11 is 0. The van der Waals surface area contributed by atoms with Gasteiger partial charge in [-0.1, -0.05) is 25.1 Å². The molecule has 2 saturated heterocycles. The molecule has 0 spiro atoms. The Balaban J connectivity index is 0.000000339. The first-order valence-corrected chi connectivity index (χ1v) is 10.0. The number of methoxy groups -OCH3 is 1. The van der Waals surface area contributed by atoms with E-state index in [-0.39, 0.29) is 18.1 Å². The second kappa shape index (κ2) is 9.27. The SMILES string of the molecule is CCN1C[C@@H]2[C@@H](OC)CCN(C(=O)c3cc4ccccc4o3)[C@@H]2C1.O=C(O)C(F)(F)F. The first kappa shape index (κ1) is 23.1. The molecule has 2 aliphatic heterocycles. The van der Waals surface area contributed by atoms with Gasteiger partial charge in [-0.15, -0.1) is 0 Å². The van der Waals surface area contributed by atoms with Crippen LogP contribution in [0, 0.1) is 5.92 Å². The molecule has 0 bridgehead atoms. The number of piperidine rings is 1. The van der Waals surface area contributed by atoms with E-state index in [0.29, 0.717) is 11.7 Å². The van der Waals surface area contributed by atoms with Crippen molar-refractivity contribution in [3.63, 3.8) is 0 Å². The molecule has 2 aliphatic rings. The predicted molar refractivity (Wildman–Crippen MR) is 106 cm³/mol. The Kier molecular flexibility index (Phi) is 6.90. The summed E-state index contributed by atoms with van der Waals surface area (Å²) in [5, 5.41) is 8.10. The van der Waals surface area contributed by atoms with Crippen LogP contribution in [0.4, 0.5) is 13.2 Å². The van der Waals surface area contributed by atoms with Crippen LogP contribution >= 0.6 is 0 Å². The lowest BCUT2D eigenvalue weighted by atomic mass is 9.89. The monoisotopic (exact) mass is 442 g/mol. The van der Waals surface area contributed by atoms with Crippen LogP contribution in [0.3, 0.4) is 0 Å². The molecule has 0 aliphatic carbocycles. The fourth-order valence-corrected chi connectivity index (χ4v) is 4.27. The molecule has 0 unspecified atom stereocenters. The molecule has 1 amide bonds. The van der Waals surface area contributed by atoms with Crippen molar-refractivity contribution in [3.8, 4) is 0 Å². The van der Waals surface area contributed by atoms with Crippen LogP contribution < -0.4 is 0 Å². The molecule has 31 heavy (non-hydrogen) atoms. The van der Waals surface area contributed by atoms with Crippen molar-refractivity contribution in [1.29, 1.82) is 0 Å². The van der Waals surface area contributed by atoms with E-state index in [0.717, 1.165) is 43.6 Å². The summed E-state index contributed by atoms with van der Waals surface area (Å²) in [6.07, 6.45) is -3.95. The Labute approximate surface area is 177 Å². The number of likely N-dealkylation sites (N-methyl/N-ethyl adjacent to an activating group) is 1. The number of alkyl halides is 3. The minimum Gasteiger partial charge on any atom is -0.475 e. The van der Waals surface area contributed by atoms with Crippen LogP contribution in [0.15, 0.2) is 34.7 Å². The number of carboxylic acids is 1. The van der Waals surface area contributed by atoms with Crippen LogP contribution in [-0.4, -0.2) is 78.4 Å². The highest BCUT2D eigenvalue weighted by molar-refractivity contribution is 5.96. The minimum absolute atomic E-state index is 0.00806. The number of hydrogen-bond donors (Lipinski definition) is 1. The van der Waals surface area contributed by atoms with Crippen LogP contribution in [-0.2, 0) is 9.53 Å². The summed E-state index contributed by atoms with van der Waals surface area (Å²) in [6, 6.07) is 9.84. The number of carboxylic acid groups (broad SMARTS) is 1. The lowest BCUT2D eigenvalue weighted by Crippen LogP contribution is -2.53. The van der Waals surface area contributed by atoms with E-state index >= 15 is 0 Å². The third kappa shape index (κ3) is 5.01. The standard InChI is InChI=1S/C19H24N2O3.C2HF3O2/c1-3-20-11-14-15(12-20)21(9-8-17(14)23-2)19(22)18-10-13-6-4-5-7-16(13)24-18;3-2(4,5)1(6)7/h4-7,10,14-15,17H,3,8-9,11-12H2,1-2H3;(H,6,7)/t14-,15+,17-;/m0./s1. The quantitative estimate of drug-likeness (QED) is 0.786. The molecule has 1 aromatic carbocycles. The van der Waals surface area contributed by atoms with E-state index in [1.54, 1.807) is 7.11 Å². The second-order valence-electron chi connectivity index (χ2n) is 7.60. The number of carbonyl (C=O) groups is 2. The summed E-state index contributed by atoms with van der Waals surface area (Å²) in [4.78, 5) is 26.4. The smallest absolute Gasteiger partial charge is 0.475 e. The molecule has 10 heteroatoms. The molecule has 0 saturated carbocycles. The molecule has 1 N–H and O–H groups in total. The van der Waals surface area contributed by atoms with Crippen LogP contribution in [0.25, 0.3) is 11.0 Å². The fraction of sp³-hybridized carbons (Fsp3) is 0.524. The Morgan fingerprint density at radius 1 is 1.26 bits per heavy atom. The van der Waals surface area contributed by atoms with Gasteiger partial charge in [0.25, 0.3) is 5.91 Å². The van der Waals surface area contributed by atoms with Crippen molar-refractivity contribution in [2.24, 2.45) is 5.92 Å². The highest BCUT2D eigenvalue weighted by atomic mass is 19.4. The summed E-state index contributed by atoms with van der Waals surface area (Å²) < 4.78 is 43.2. The maximum Gasteiger partial charge on any atom is 0.490 e. The number of benzene rings is 1. The number of nitrogens with zero attached hydrogens (tertiary/aromatic N) is 2. The fourth-order valence-electron chi connectivity index (χ4n) is 4.27. The number of likely N-dealkylation sites (tertiary alicyclic amines) is 2. The van der Waals surface area contributed by atoms with E-state index in [1.807, 2.05) is 35.2 Å². The first-order valence-electron chi connectivity index (χ1n) is 10.0. The van der Waals surface area contributed by atoms with Crippen molar-refractivity contribution >= 4 is 22.8 Å². The number of para-hydroxylation sites is 1. The lowest BCUT2D eigenvalue weighted by molar-refractivity contribution is -0.192. The average molecular weight is 442 g/mol. The number of halogens is 3. The second-order valence-corrected chi connectivity index (χ2v) is 7.60. The topological polar surface area (TPSA) is 83.2 Å². The van der Waals surface area contributed by atoms with Gasteiger partial charge in [-0.3, -0.25) is 4.79 Å². The first-order chi connectivity index (χ1) is 14.7. The molecular formula is C21H25F3N2O5. The predicted octanol–water partition coefficient (Wildman–Crippen LogP) is 3.25. The molecule has 170 valence electrons. The van der Waals surface area contributed by atoms with Crippen molar-refractivity contribution < 1.29 is 37.0 Å². The minimum atomic E-state index is -5.08. The third-order valence-electron chi connectivity index (χ3n) is 5.83. The molecule has 4 rings (SSSR count). The molecule has 2 aromatic rings. The van der Waals surface area contributed by atoms with Gasteiger partial charge >= 0.3 is 12.1 Å². The van der Waals surface area contributed by atoms with Crippen LogP contribution in [0.2, 0.25) is 0 Å². The van der Waals surface area contributed by atoms with Gasteiger partial charge < -0.3 is 24.1 Å². The van der Waals surface area contributed by atoms with Crippen molar-refractivity contribution in [3.05, 3.63) is 36.1 Å². The largest absolute Gasteiger partial charge is 0.490 e. The van der Waals surface area contributed by atoms with Gasteiger partial charge in [0.2, 0.25) is 0 Å². The highest BCUT2D eigenvalue weighted by Gasteiger charge is 2.46. The van der Waals surface area contributed by atoms with Crippen LogP contribution in [0.1, 0.15) is 23.9 Å². The van der Waals surface area contributed by atoms with E-state index in [2.05, 4.69) is 11.8 Å². The Bertz CT molecular complexity index is 896. The molecule has 0 radical (unpaired) electrons. The number of carbonyl (C=O) groups excluding carboxylic acids is 1. The Morgan fingerprint density at radius 3 is 2.52 bits per heavy atom. The zero-order valence-corrected chi connectivity index (χ0v) is 17.3. The van der Waals surface area contributed by atoms with E-state index in [1.165, 1.54) is 0 Å². The van der Waals surface area contributed by atoms with Gasteiger partial charge in [-0.25, -0.2) is 4.79 Å². The average Bonchev–Trinajstić information content (AvgIpc) is 3.36. The van der Waals surface area contributed by atoms with Crippen molar-refractivity contribution in [1.82, 2.24) is 9.80 Å². The zero-order chi connectivity index (χ0) is 22.8. The van der Waals surface area contributed by atoms with Gasteiger partial charge in [0.1, 0.15) is 5.58 Å². The van der Waals surface area contributed by atoms with Crippen molar-refractivity contribution in [2.45, 2.75) is 31.7 Å². The normalized spacial score (nSPS) is 23.9. The van der Waals surface area contributed by atoms with Gasteiger partial charge in [-0.2, -0.15) is 13.2 Å².